The molecule has 0 unspecified atom stereocenters. The summed E-state index contributed by atoms with van der Waals surface area (Å²) < 4.78 is 0. The van der Waals surface area contributed by atoms with E-state index in [9.17, 15) is 19.2 Å². The molecule has 12 heteroatoms. The number of amides is 4. The van der Waals surface area contributed by atoms with E-state index in [-0.39, 0.29) is 30.8 Å². The number of primary amides is 1. The number of rotatable bonds is 12. The lowest BCUT2D eigenvalue weighted by molar-refractivity contribution is -0.142. The minimum Gasteiger partial charge on any atom is -0.370 e. The van der Waals surface area contributed by atoms with Gasteiger partial charge >= 0.3 is 0 Å². The molecule has 0 saturated carbocycles. The Morgan fingerprint density at radius 1 is 1.16 bits per heavy atom. The highest BCUT2D eigenvalue weighted by atomic mass is 16.2. The number of aliphatic imine (C=N–C) groups is 1. The van der Waals surface area contributed by atoms with Gasteiger partial charge in [-0.1, -0.05) is 13.8 Å². The average molecular weight is 441 g/mol. The lowest BCUT2D eigenvalue weighted by Gasteiger charge is -2.29. The van der Waals surface area contributed by atoms with Crippen LogP contribution >= 0.6 is 0 Å². The molecule has 1 aliphatic heterocycles. The molecular weight excluding hydrogens is 404 g/mol. The zero-order chi connectivity index (χ0) is 23.6. The average Bonchev–Trinajstić information content (AvgIpc) is 3.16. The summed E-state index contributed by atoms with van der Waals surface area (Å²) in [5, 5.41) is 5.16. The fourth-order valence-electron chi connectivity index (χ4n) is 3.45. The summed E-state index contributed by atoms with van der Waals surface area (Å²) in [4.78, 5) is 54.4. The summed E-state index contributed by atoms with van der Waals surface area (Å²) in [6.45, 7) is 4.25. The van der Waals surface area contributed by atoms with Gasteiger partial charge in [0.05, 0.1) is 12.6 Å². The third-order valence-electron chi connectivity index (χ3n) is 4.90. The van der Waals surface area contributed by atoms with Gasteiger partial charge in [0.1, 0.15) is 12.1 Å². The summed E-state index contributed by atoms with van der Waals surface area (Å²) >= 11 is 0. The number of likely N-dealkylation sites (tertiary alicyclic amines) is 1. The van der Waals surface area contributed by atoms with Crippen molar-refractivity contribution >= 4 is 29.6 Å². The molecular formula is C19H36N8O4. The van der Waals surface area contributed by atoms with Crippen LogP contribution in [0, 0.1) is 5.92 Å². The van der Waals surface area contributed by atoms with Crippen LogP contribution in [0.5, 0.6) is 0 Å². The number of nitrogens with two attached hydrogens (primary N) is 4. The van der Waals surface area contributed by atoms with Crippen molar-refractivity contribution in [3.63, 3.8) is 0 Å². The summed E-state index contributed by atoms with van der Waals surface area (Å²) in [5.74, 6) is -1.78. The van der Waals surface area contributed by atoms with Gasteiger partial charge in [0.2, 0.25) is 23.6 Å². The lowest BCUT2D eigenvalue weighted by Crippen LogP contribution is -2.56. The SMILES string of the molecule is CC(C)C[C@H](N)C(=O)N[C@H](CCCN=C(N)N)C(=O)N1CCC[C@@H]1C(=O)NCC(N)=O. The van der Waals surface area contributed by atoms with E-state index in [1.54, 1.807) is 0 Å². The minimum absolute atomic E-state index is 0.0587. The third-order valence-corrected chi connectivity index (χ3v) is 4.90. The van der Waals surface area contributed by atoms with E-state index in [4.69, 9.17) is 22.9 Å². The van der Waals surface area contributed by atoms with Crippen molar-refractivity contribution in [3.8, 4) is 0 Å². The summed E-state index contributed by atoms with van der Waals surface area (Å²) in [6, 6.07) is -2.35. The van der Waals surface area contributed by atoms with Crippen LogP contribution in [0.1, 0.15) is 46.0 Å². The highest BCUT2D eigenvalue weighted by Gasteiger charge is 2.37. The minimum atomic E-state index is -0.871. The van der Waals surface area contributed by atoms with Gasteiger partial charge in [-0.2, -0.15) is 0 Å². The fraction of sp³-hybridized carbons (Fsp3) is 0.737. The number of hydrogen-bond donors (Lipinski definition) is 6. The van der Waals surface area contributed by atoms with Crippen LogP contribution in [-0.4, -0.2) is 72.2 Å². The standard InChI is InChI=1S/C19H36N8O4/c1-11(2)9-12(20)16(29)26-13(5-3-7-24-19(22)23)18(31)27-8-4-6-14(27)17(30)25-10-15(21)28/h11-14H,3-10,20H2,1-2H3,(H2,21,28)(H,25,30)(H,26,29)(H4,22,23,24)/t12-,13+,14+/m0/s1. The normalized spacial score (nSPS) is 17.7. The van der Waals surface area contributed by atoms with E-state index in [0.717, 1.165) is 0 Å². The van der Waals surface area contributed by atoms with Gasteiger partial charge in [0.25, 0.3) is 0 Å². The molecule has 31 heavy (non-hydrogen) atoms. The van der Waals surface area contributed by atoms with E-state index >= 15 is 0 Å². The Balaban J connectivity index is 2.89. The first-order valence-corrected chi connectivity index (χ1v) is 10.5. The number of nitrogens with zero attached hydrogens (tertiary/aromatic N) is 2. The first kappa shape index (κ1) is 26.1. The van der Waals surface area contributed by atoms with Crippen molar-refractivity contribution in [2.45, 2.75) is 64.1 Å². The van der Waals surface area contributed by atoms with Gasteiger partial charge in [-0.05, 0) is 38.0 Å². The van der Waals surface area contributed by atoms with Gasteiger partial charge in [-0.3, -0.25) is 24.2 Å². The second-order valence-corrected chi connectivity index (χ2v) is 8.12. The maximum atomic E-state index is 13.2. The molecule has 4 amide bonds. The molecule has 0 aromatic rings. The van der Waals surface area contributed by atoms with Crippen LogP contribution in [0.3, 0.4) is 0 Å². The Kier molecular flexibility index (Phi) is 10.7. The molecule has 0 aliphatic carbocycles. The smallest absolute Gasteiger partial charge is 0.245 e. The molecule has 0 spiro atoms. The molecule has 12 nitrogen and oxygen atoms in total. The highest BCUT2D eigenvalue weighted by Crippen LogP contribution is 2.20. The van der Waals surface area contributed by atoms with Crippen LogP contribution < -0.4 is 33.6 Å². The largest absolute Gasteiger partial charge is 0.370 e. The second kappa shape index (κ2) is 12.7. The quantitative estimate of drug-likeness (QED) is 0.109. The van der Waals surface area contributed by atoms with Crippen molar-refractivity contribution in [2.75, 3.05) is 19.6 Å². The molecule has 0 radical (unpaired) electrons. The maximum absolute atomic E-state index is 13.2. The van der Waals surface area contributed by atoms with Crippen LogP contribution in [-0.2, 0) is 19.2 Å². The number of carbonyl (C=O) groups is 4. The molecule has 0 aromatic heterocycles. The highest BCUT2D eigenvalue weighted by molar-refractivity contribution is 5.94. The molecule has 176 valence electrons. The van der Waals surface area contributed by atoms with Crippen molar-refractivity contribution in [1.29, 1.82) is 0 Å². The van der Waals surface area contributed by atoms with Crippen LogP contribution in [0.25, 0.3) is 0 Å². The molecule has 1 heterocycles. The van der Waals surface area contributed by atoms with Crippen LogP contribution in [0.4, 0.5) is 0 Å². The molecule has 1 aliphatic rings. The lowest BCUT2D eigenvalue weighted by atomic mass is 10.0. The first-order valence-electron chi connectivity index (χ1n) is 10.5. The number of hydrogen-bond acceptors (Lipinski definition) is 6. The molecule has 3 atom stereocenters. The monoisotopic (exact) mass is 440 g/mol. The van der Waals surface area contributed by atoms with Gasteiger partial charge in [0.15, 0.2) is 5.96 Å². The van der Waals surface area contributed by atoms with E-state index in [1.165, 1.54) is 4.90 Å². The fourth-order valence-corrected chi connectivity index (χ4v) is 3.45. The molecule has 1 fully saturated rings. The number of guanidine groups is 1. The molecule has 0 aromatic carbocycles. The van der Waals surface area contributed by atoms with Gasteiger partial charge < -0.3 is 38.5 Å². The second-order valence-electron chi connectivity index (χ2n) is 8.12. The van der Waals surface area contributed by atoms with Crippen molar-refractivity contribution in [3.05, 3.63) is 0 Å². The predicted octanol–water partition coefficient (Wildman–Crippen LogP) is -2.51. The zero-order valence-electron chi connectivity index (χ0n) is 18.3. The Labute approximate surface area is 182 Å². The first-order chi connectivity index (χ1) is 14.5. The topological polar surface area (TPSA) is 212 Å². The Bertz CT molecular complexity index is 678. The van der Waals surface area contributed by atoms with Crippen LogP contribution in [0.15, 0.2) is 4.99 Å². The summed E-state index contributed by atoms with van der Waals surface area (Å²) in [5.41, 5.74) is 21.7. The van der Waals surface area contributed by atoms with Crippen molar-refractivity contribution < 1.29 is 19.2 Å². The van der Waals surface area contributed by atoms with E-state index in [1.807, 2.05) is 13.8 Å². The molecule has 1 rings (SSSR count). The Morgan fingerprint density at radius 2 is 1.84 bits per heavy atom. The van der Waals surface area contributed by atoms with Crippen molar-refractivity contribution in [2.24, 2.45) is 33.8 Å². The van der Waals surface area contributed by atoms with Crippen molar-refractivity contribution in [1.82, 2.24) is 15.5 Å². The van der Waals surface area contributed by atoms with Gasteiger partial charge in [-0.15, -0.1) is 0 Å². The maximum Gasteiger partial charge on any atom is 0.245 e. The molecule has 1 saturated heterocycles. The van der Waals surface area contributed by atoms with Gasteiger partial charge in [0, 0.05) is 13.1 Å². The number of nitrogens with one attached hydrogen (secondary N) is 2. The summed E-state index contributed by atoms with van der Waals surface area (Å²) in [6.07, 6.45) is 2.28. The Morgan fingerprint density at radius 3 is 2.42 bits per heavy atom. The summed E-state index contributed by atoms with van der Waals surface area (Å²) in [7, 11) is 0. The Hall–Kier alpha value is -2.89. The predicted molar refractivity (Wildman–Crippen MR) is 116 cm³/mol. The van der Waals surface area contributed by atoms with Gasteiger partial charge in [-0.25, -0.2) is 0 Å². The van der Waals surface area contributed by atoms with E-state index < -0.39 is 35.8 Å². The molecule has 10 N–H and O–H groups in total. The number of carbonyl (C=O) groups excluding carboxylic acids is 4. The molecule has 0 bridgehead atoms. The third kappa shape index (κ3) is 9.20. The zero-order valence-corrected chi connectivity index (χ0v) is 18.3. The van der Waals surface area contributed by atoms with E-state index in [2.05, 4.69) is 15.6 Å². The van der Waals surface area contributed by atoms with Crippen LogP contribution in [0.2, 0.25) is 0 Å². The van der Waals surface area contributed by atoms with E-state index in [0.29, 0.717) is 38.8 Å².